The second-order valence-electron chi connectivity index (χ2n) is 3.72. The number of hydrogen-bond acceptors (Lipinski definition) is 7. The zero-order chi connectivity index (χ0) is 13.8. The molecule has 1 heterocycles. The van der Waals surface area contributed by atoms with Crippen LogP contribution in [-0.4, -0.2) is 23.0 Å². The molecule has 0 atom stereocenters. The number of nitrogens with two attached hydrogens (primary N) is 2. The Hall–Kier alpha value is -2.83. The number of benzene rings is 1. The number of anilines is 4. The number of aromatic nitrogens is 2. The third-order valence-electron chi connectivity index (χ3n) is 2.48. The van der Waals surface area contributed by atoms with Crippen molar-refractivity contribution in [3.05, 3.63) is 36.2 Å². The van der Waals surface area contributed by atoms with Gasteiger partial charge < -0.3 is 21.5 Å². The van der Waals surface area contributed by atoms with Gasteiger partial charge in [0.05, 0.1) is 12.7 Å². The second kappa shape index (κ2) is 5.21. The van der Waals surface area contributed by atoms with Crippen molar-refractivity contribution in [2.24, 2.45) is 0 Å². The molecule has 7 heteroatoms. The lowest BCUT2D eigenvalue weighted by Gasteiger charge is -2.09. The van der Waals surface area contributed by atoms with E-state index in [1.54, 1.807) is 24.3 Å². The van der Waals surface area contributed by atoms with Crippen LogP contribution in [0.1, 0.15) is 10.4 Å². The summed E-state index contributed by atoms with van der Waals surface area (Å²) in [7, 11) is 1.33. The highest BCUT2D eigenvalue weighted by Crippen LogP contribution is 2.23. The molecule has 0 aliphatic rings. The molecular weight excluding hydrogens is 246 g/mol. The van der Waals surface area contributed by atoms with Crippen LogP contribution in [0.2, 0.25) is 0 Å². The quantitative estimate of drug-likeness (QED) is 0.708. The molecule has 5 N–H and O–H groups in total. The standard InChI is InChI=1S/C12H13N5O2/c1-19-12(18)7-2-4-8(5-3-7)17-11-9(13)10(14)15-6-16-11/h2-6H,13H2,1H3,(H3,14,15,16,17). The Labute approximate surface area is 109 Å². The van der Waals surface area contributed by atoms with E-state index in [0.29, 0.717) is 11.4 Å². The number of hydrogen-bond donors (Lipinski definition) is 3. The molecule has 2 aromatic rings. The van der Waals surface area contributed by atoms with Crippen molar-refractivity contribution in [2.75, 3.05) is 23.9 Å². The van der Waals surface area contributed by atoms with Crippen LogP contribution in [0.15, 0.2) is 30.6 Å². The summed E-state index contributed by atoms with van der Waals surface area (Å²) < 4.78 is 4.61. The van der Waals surface area contributed by atoms with Crippen molar-refractivity contribution < 1.29 is 9.53 Å². The number of esters is 1. The number of nitrogens with one attached hydrogen (secondary N) is 1. The fraction of sp³-hybridized carbons (Fsp3) is 0.0833. The molecule has 1 aromatic heterocycles. The smallest absolute Gasteiger partial charge is 0.337 e. The molecule has 98 valence electrons. The van der Waals surface area contributed by atoms with Crippen LogP contribution in [0.3, 0.4) is 0 Å². The van der Waals surface area contributed by atoms with E-state index in [2.05, 4.69) is 20.0 Å². The van der Waals surface area contributed by atoms with Gasteiger partial charge in [0.2, 0.25) is 0 Å². The Kier molecular flexibility index (Phi) is 3.46. The largest absolute Gasteiger partial charge is 0.465 e. The molecule has 0 spiro atoms. The van der Waals surface area contributed by atoms with Crippen molar-refractivity contribution in [1.82, 2.24) is 9.97 Å². The molecule has 19 heavy (non-hydrogen) atoms. The lowest BCUT2D eigenvalue weighted by molar-refractivity contribution is 0.0601. The van der Waals surface area contributed by atoms with E-state index in [4.69, 9.17) is 11.5 Å². The summed E-state index contributed by atoms with van der Waals surface area (Å²) in [5, 5.41) is 2.99. The summed E-state index contributed by atoms with van der Waals surface area (Å²) in [6.07, 6.45) is 1.32. The predicted octanol–water partition coefficient (Wildman–Crippen LogP) is 1.17. The van der Waals surface area contributed by atoms with Gasteiger partial charge in [0.1, 0.15) is 12.0 Å². The Morgan fingerprint density at radius 3 is 2.53 bits per heavy atom. The van der Waals surface area contributed by atoms with Gasteiger partial charge in [-0.25, -0.2) is 14.8 Å². The first kappa shape index (κ1) is 12.6. The molecule has 0 radical (unpaired) electrons. The first-order valence-electron chi connectivity index (χ1n) is 5.43. The molecule has 7 nitrogen and oxygen atoms in total. The molecule has 0 aliphatic heterocycles. The lowest BCUT2D eigenvalue weighted by atomic mass is 10.2. The van der Waals surface area contributed by atoms with Gasteiger partial charge in [-0.15, -0.1) is 0 Å². The fourth-order valence-electron chi connectivity index (χ4n) is 1.45. The first-order chi connectivity index (χ1) is 9.11. The summed E-state index contributed by atoms with van der Waals surface area (Å²) >= 11 is 0. The number of carbonyl (C=O) groups excluding carboxylic acids is 1. The molecule has 0 amide bonds. The first-order valence-corrected chi connectivity index (χ1v) is 5.43. The minimum absolute atomic E-state index is 0.212. The topological polar surface area (TPSA) is 116 Å². The molecule has 0 saturated carbocycles. The van der Waals surface area contributed by atoms with Gasteiger partial charge in [0, 0.05) is 5.69 Å². The highest BCUT2D eigenvalue weighted by Gasteiger charge is 2.07. The Balaban J connectivity index is 2.20. The lowest BCUT2D eigenvalue weighted by Crippen LogP contribution is -2.05. The van der Waals surface area contributed by atoms with Gasteiger partial charge in [0.25, 0.3) is 0 Å². The molecule has 0 saturated heterocycles. The summed E-state index contributed by atoms with van der Waals surface area (Å²) in [6, 6.07) is 6.69. The molecule has 0 bridgehead atoms. The van der Waals surface area contributed by atoms with Crippen molar-refractivity contribution in [3.8, 4) is 0 Å². The van der Waals surface area contributed by atoms with Crippen LogP contribution < -0.4 is 16.8 Å². The monoisotopic (exact) mass is 259 g/mol. The van der Waals surface area contributed by atoms with E-state index in [1.807, 2.05) is 0 Å². The number of rotatable bonds is 3. The number of ether oxygens (including phenoxy) is 1. The minimum Gasteiger partial charge on any atom is -0.465 e. The average Bonchev–Trinajstić information content (AvgIpc) is 2.44. The molecular formula is C12H13N5O2. The van der Waals surface area contributed by atoms with Crippen molar-refractivity contribution in [3.63, 3.8) is 0 Å². The maximum Gasteiger partial charge on any atom is 0.337 e. The van der Waals surface area contributed by atoms with Crippen LogP contribution in [0.25, 0.3) is 0 Å². The van der Waals surface area contributed by atoms with Gasteiger partial charge in [-0.2, -0.15) is 0 Å². The van der Waals surface area contributed by atoms with Gasteiger partial charge in [-0.05, 0) is 24.3 Å². The highest BCUT2D eigenvalue weighted by molar-refractivity contribution is 5.90. The summed E-state index contributed by atoms with van der Waals surface area (Å²) in [6.45, 7) is 0. The van der Waals surface area contributed by atoms with Crippen LogP contribution >= 0.6 is 0 Å². The molecule has 0 fully saturated rings. The molecule has 0 unspecified atom stereocenters. The Bertz CT molecular complexity index is 598. The number of methoxy groups -OCH3 is 1. The summed E-state index contributed by atoms with van der Waals surface area (Å²) in [5.74, 6) is 0.236. The van der Waals surface area contributed by atoms with E-state index in [1.165, 1.54) is 13.4 Å². The summed E-state index contributed by atoms with van der Waals surface area (Å²) in [5.41, 5.74) is 12.8. The van der Waals surface area contributed by atoms with Gasteiger partial charge >= 0.3 is 5.97 Å². The van der Waals surface area contributed by atoms with Crippen LogP contribution in [-0.2, 0) is 4.74 Å². The predicted molar refractivity (Wildman–Crippen MR) is 71.9 cm³/mol. The fourth-order valence-corrected chi connectivity index (χ4v) is 1.45. The average molecular weight is 259 g/mol. The third kappa shape index (κ3) is 2.71. The van der Waals surface area contributed by atoms with E-state index >= 15 is 0 Å². The zero-order valence-electron chi connectivity index (χ0n) is 10.3. The third-order valence-corrected chi connectivity index (χ3v) is 2.48. The van der Waals surface area contributed by atoms with Gasteiger partial charge in [-0.1, -0.05) is 0 Å². The number of nitrogen functional groups attached to an aromatic ring is 2. The minimum atomic E-state index is -0.391. The van der Waals surface area contributed by atoms with Crippen LogP contribution in [0.5, 0.6) is 0 Å². The van der Waals surface area contributed by atoms with Crippen LogP contribution in [0, 0.1) is 0 Å². The summed E-state index contributed by atoms with van der Waals surface area (Å²) in [4.78, 5) is 19.0. The van der Waals surface area contributed by atoms with E-state index < -0.39 is 5.97 Å². The zero-order valence-corrected chi connectivity index (χ0v) is 10.3. The normalized spacial score (nSPS) is 9.95. The maximum atomic E-state index is 11.3. The van der Waals surface area contributed by atoms with Crippen LogP contribution in [0.4, 0.5) is 23.0 Å². The Morgan fingerprint density at radius 1 is 1.21 bits per heavy atom. The Morgan fingerprint density at radius 2 is 1.89 bits per heavy atom. The van der Waals surface area contributed by atoms with Crippen molar-refractivity contribution in [1.29, 1.82) is 0 Å². The maximum absolute atomic E-state index is 11.3. The highest BCUT2D eigenvalue weighted by atomic mass is 16.5. The molecule has 2 rings (SSSR count). The SMILES string of the molecule is COC(=O)c1ccc(Nc2ncnc(N)c2N)cc1. The van der Waals surface area contributed by atoms with Crippen molar-refractivity contribution in [2.45, 2.75) is 0 Å². The van der Waals surface area contributed by atoms with E-state index in [-0.39, 0.29) is 11.5 Å². The number of carbonyl (C=O) groups is 1. The van der Waals surface area contributed by atoms with E-state index in [9.17, 15) is 4.79 Å². The van der Waals surface area contributed by atoms with Gasteiger partial charge in [-0.3, -0.25) is 0 Å². The molecule has 1 aromatic carbocycles. The number of nitrogens with zero attached hydrogens (tertiary/aromatic N) is 2. The van der Waals surface area contributed by atoms with Gasteiger partial charge in [0.15, 0.2) is 11.6 Å². The van der Waals surface area contributed by atoms with E-state index in [0.717, 1.165) is 5.69 Å². The second-order valence-corrected chi connectivity index (χ2v) is 3.72. The molecule has 0 aliphatic carbocycles. The van der Waals surface area contributed by atoms with Crippen molar-refractivity contribution >= 4 is 29.0 Å².